The van der Waals surface area contributed by atoms with Gasteiger partial charge >= 0.3 is 0 Å². The van der Waals surface area contributed by atoms with Gasteiger partial charge in [0.25, 0.3) is 0 Å². The molecule has 0 fully saturated rings. The average molecular weight is 227 g/mol. The molecule has 1 aromatic rings. The molecule has 0 radical (unpaired) electrons. The second kappa shape index (κ2) is 5.41. The molecule has 0 saturated carbocycles. The highest BCUT2D eigenvalue weighted by Gasteiger charge is 2.34. The van der Waals surface area contributed by atoms with E-state index in [2.05, 4.69) is 10.1 Å². The Labute approximate surface area is 96.4 Å². The molecule has 1 heterocycles. The van der Waals surface area contributed by atoms with Crippen molar-refractivity contribution in [3.8, 4) is 0 Å². The molecule has 0 bridgehead atoms. The fraction of sp³-hybridized carbons (Fsp3) is 0.818. The molecule has 2 N–H and O–H groups in total. The van der Waals surface area contributed by atoms with Crippen molar-refractivity contribution in [1.82, 2.24) is 10.1 Å². The van der Waals surface area contributed by atoms with Crippen LogP contribution in [0.5, 0.6) is 0 Å². The lowest BCUT2D eigenvalue weighted by Crippen LogP contribution is -2.28. The molecule has 0 unspecified atom stereocenters. The third-order valence-corrected chi connectivity index (χ3v) is 3.14. The molecular weight excluding hydrogens is 206 g/mol. The van der Waals surface area contributed by atoms with Crippen molar-refractivity contribution >= 4 is 0 Å². The van der Waals surface area contributed by atoms with E-state index in [1.165, 1.54) is 0 Å². The Morgan fingerprint density at radius 3 is 2.44 bits per heavy atom. The number of nitrogens with zero attached hydrogens (tertiary/aromatic N) is 2. The predicted molar refractivity (Wildman–Crippen MR) is 60.8 cm³/mol. The molecule has 92 valence electrons. The van der Waals surface area contributed by atoms with E-state index in [1.807, 2.05) is 20.8 Å². The molecular formula is C11H21N3O2. The number of hydrogen-bond acceptors (Lipinski definition) is 5. The van der Waals surface area contributed by atoms with E-state index < -0.39 is 5.60 Å². The molecule has 0 saturated heterocycles. The van der Waals surface area contributed by atoms with Crippen LogP contribution < -0.4 is 5.73 Å². The van der Waals surface area contributed by atoms with Gasteiger partial charge in [-0.15, -0.1) is 0 Å². The minimum absolute atomic E-state index is 0.190. The summed E-state index contributed by atoms with van der Waals surface area (Å²) < 4.78 is 10.7. The Hall–Kier alpha value is -0.940. The average Bonchev–Trinajstić information content (AvgIpc) is 2.81. The summed E-state index contributed by atoms with van der Waals surface area (Å²) >= 11 is 0. The summed E-state index contributed by atoms with van der Waals surface area (Å²) in [6.07, 6.45) is 2.39. The van der Waals surface area contributed by atoms with Crippen LogP contribution in [0.1, 0.15) is 57.8 Å². The third-order valence-electron chi connectivity index (χ3n) is 3.14. The standard InChI is InChI=1S/C11H21N3O2/c1-5-8(12)9-13-10(14-16-9)11(6-2,7-3)15-4/h8H,5-7,12H2,1-4H3/t8-/m1/s1. The van der Waals surface area contributed by atoms with Gasteiger partial charge in [0.1, 0.15) is 5.60 Å². The first-order valence-corrected chi connectivity index (χ1v) is 5.78. The summed E-state index contributed by atoms with van der Waals surface area (Å²) in [7, 11) is 1.67. The second-order valence-electron chi connectivity index (χ2n) is 3.88. The lowest BCUT2D eigenvalue weighted by Gasteiger charge is -2.25. The minimum Gasteiger partial charge on any atom is -0.370 e. The topological polar surface area (TPSA) is 74.2 Å². The van der Waals surface area contributed by atoms with Gasteiger partial charge in [-0.3, -0.25) is 0 Å². The second-order valence-corrected chi connectivity index (χ2v) is 3.88. The molecule has 5 nitrogen and oxygen atoms in total. The van der Waals surface area contributed by atoms with Gasteiger partial charge in [0, 0.05) is 7.11 Å². The molecule has 1 atom stereocenters. The fourth-order valence-corrected chi connectivity index (χ4v) is 1.69. The molecule has 16 heavy (non-hydrogen) atoms. The Morgan fingerprint density at radius 1 is 1.38 bits per heavy atom. The van der Waals surface area contributed by atoms with Crippen LogP contribution in [-0.4, -0.2) is 17.3 Å². The lowest BCUT2D eigenvalue weighted by atomic mass is 9.96. The highest BCUT2D eigenvalue weighted by atomic mass is 16.5. The molecule has 0 aromatic carbocycles. The number of methoxy groups -OCH3 is 1. The van der Waals surface area contributed by atoms with E-state index in [0.717, 1.165) is 19.3 Å². The van der Waals surface area contributed by atoms with Gasteiger partial charge in [-0.2, -0.15) is 4.98 Å². The highest BCUT2D eigenvalue weighted by molar-refractivity contribution is 5.02. The van der Waals surface area contributed by atoms with E-state index >= 15 is 0 Å². The maximum absolute atomic E-state index is 5.84. The van der Waals surface area contributed by atoms with Crippen LogP contribution in [-0.2, 0) is 10.3 Å². The van der Waals surface area contributed by atoms with Gasteiger partial charge in [-0.1, -0.05) is 25.9 Å². The van der Waals surface area contributed by atoms with Crippen LogP contribution in [0, 0.1) is 0 Å². The molecule has 1 aromatic heterocycles. The summed E-state index contributed by atoms with van der Waals surface area (Å²) in [5, 5.41) is 3.98. The van der Waals surface area contributed by atoms with Gasteiger partial charge in [0.15, 0.2) is 0 Å². The number of nitrogens with two attached hydrogens (primary N) is 1. The number of rotatable bonds is 6. The summed E-state index contributed by atoms with van der Waals surface area (Å²) in [6, 6.07) is -0.190. The van der Waals surface area contributed by atoms with Crippen LogP contribution in [0.15, 0.2) is 4.52 Å². The van der Waals surface area contributed by atoms with Gasteiger partial charge < -0.3 is 15.0 Å². The first-order valence-electron chi connectivity index (χ1n) is 5.78. The van der Waals surface area contributed by atoms with E-state index in [1.54, 1.807) is 7.11 Å². The Bertz CT molecular complexity index is 313. The summed E-state index contributed by atoms with van der Waals surface area (Å²) in [6.45, 7) is 6.07. The van der Waals surface area contributed by atoms with Crippen molar-refractivity contribution in [2.24, 2.45) is 5.73 Å². The fourth-order valence-electron chi connectivity index (χ4n) is 1.69. The van der Waals surface area contributed by atoms with Crippen LogP contribution >= 0.6 is 0 Å². The summed E-state index contributed by atoms with van der Waals surface area (Å²) in [5.74, 6) is 1.08. The Kier molecular flexibility index (Phi) is 4.44. The maximum atomic E-state index is 5.84. The first-order chi connectivity index (χ1) is 7.63. The Morgan fingerprint density at radius 2 is 2.00 bits per heavy atom. The van der Waals surface area contributed by atoms with Gasteiger partial charge in [-0.05, 0) is 19.3 Å². The molecule has 0 aliphatic carbocycles. The Balaban J connectivity index is 2.99. The van der Waals surface area contributed by atoms with Crippen LogP contribution in [0.4, 0.5) is 0 Å². The van der Waals surface area contributed by atoms with Crippen molar-refractivity contribution in [1.29, 1.82) is 0 Å². The summed E-state index contributed by atoms with van der Waals surface area (Å²) in [5.41, 5.74) is 5.39. The van der Waals surface area contributed by atoms with Crippen molar-refractivity contribution in [2.45, 2.75) is 51.7 Å². The molecule has 0 aliphatic heterocycles. The predicted octanol–water partition coefficient (Wildman–Crippen LogP) is 2.14. The largest absolute Gasteiger partial charge is 0.370 e. The smallest absolute Gasteiger partial charge is 0.243 e. The normalized spacial score (nSPS) is 14.1. The SMILES string of the molecule is CC[C@@H](N)c1nc(C(CC)(CC)OC)no1. The van der Waals surface area contributed by atoms with Crippen LogP contribution in [0.25, 0.3) is 0 Å². The lowest BCUT2D eigenvalue weighted by molar-refractivity contribution is -0.0306. The van der Waals surface area contributed by atoms with Gasteiger partial charge in [0.05, 0.1) is 6.04 Å². The number of hydrogen-bond donors (Lipinski definition) is 1. The van der Waals surface area contributed by atoms with Crippen molar-refractivity contribution in [3.05, 3.63) is 11.7 Å². The number of ether oxygens (including phenoxy) is 1. The van der Waals surface area contributed by atoms with Crippen molar-refractivity contribution in [2.75, 3.05) is 7.11 Å². The van der Waals surface area contributed by atoms with Crippen LogP contribution in [0.2, 0.25) is 0 Å². The first kappa shape index (κ1) is 13.1. The maximum Gasteiger partial charge on any atom is 0.243 e. The van der Waals surface area contributed by atoms with Crippen molar-refractivity contribution < 1.29 is 9.26 Å². The summed E-state index contributed by atoms with van der Waals surface area (Å²) in [4.78, 5) is 4.34. The minimum atomic E-state index is -0.449. The zero-order chi connectivity index (χ0) is 12.2. The van der Waals surface area contributed by atoms with E-state index in [4.69, 9.17) is 15.0 Å². The molecule has 0 amide bonds. The van der Waals surface area contributed by atoms with Gasteiger partial charge in [-0.25, -0.2) is 0 Å². The zero-order valence-electron chi connectivity index (χ0n) is 10.5. The van der Waals surface area contributed by atoms with E-state index in [9.17, 15) is 0 Å². The number of aromatic nitrogens is 2. The molecule has 0 aliphatic rings. The molecule has 5 heteroatoms. The zero-order valence-corrected chi connectivity index (χ0v) is 10.5. The highest BCUT2D eigenvalue weighted by Crippen LogP contribution is 2.30. The van der Waals surface area contributed by atoms with Crippen molar-refractivity contribution in [3.63, 3.8) is 0 Å². The van der Waals surface area contributed by atoms with E-state index in [0.29, 0.717) is 11.7 Å². The van der Waals surface area contributed by atoms with Gasteiger partial charge in [0.2, 0.25) is 11.7 Å². The monoisotopic (exact) mass is 227 g/mol. The quantitative estimate of drug-likeness (QED) is 0.805. The molecule has 0 spiro atoms. The molecule has 1 rings (SSSR count). The van der Waals surface area contributed by atoms with Crippen LogP contribution in [0.3, 0.4) is 0 Å². The third kappa shape index (κ3) is 2.25. The van der Waals surface area contributed by atoms with E-state index in [-0.39, 0.29) is 6.04 Å².